The van der Waals surface area contributed by atoms with E-state index >= 15 is 0 Å². The molecule has 6 heteroatoms. The van der Waals surface area contributed by atoms with E-state index in [-0.39, 0.29) is 34.8 Å². The molecule has 2 aliphatic rings. The van der Waals surface area contributed by atoms with E-state index in [0.29, 0.717) is 12.8 Å². The van der Waals surface area contributed by atoms with Crippen LogP contribution in [0.5, 0.6) is 0 Å². The first-order valence-corrected chi connectivity index (χ1v) is 14.7. The van der Waals surface area contributed by atoms with Crippen LogP contribution in [0.1, 0.15) is 70.2 Å². The summed E-state index contributed by atoms with van der Waals surface area (Å²) in [6, 6.07) is 17.7. The molecule has 41 heavy (non-hydrogen) atoms. The fourth-order valence-corrected chi connectivity index (χ4v) is 6.39. The van der Waals surface area contributed by atoms with Crippen LogP contribution in [-0.4, -0.2) is 39.6 Å². The molecule has 2 heterocycles. The second kappa shape index (κ2) is 11.6. The van der Waals surface area contributed by atoms with Gasteiger partial charge in [0.15, 0.2) is 5.78 Å². The Kier molecular flexibility index (Phi) is 8.12. The topological polar surface area (TPSA) is 79.4 Å². The van der Waals surface area contributed by atoms with Gasteiger partial charge in [-0.1, -0.05) is 89.2 Å². The number of amides is 2. The van der Waals surface area contributed by atoms with Gasteiger partial charge < -0.3 is 10.2 Å². The number of carbonyl (C=O) groups excluding carboxylic acids is 3. The lowest BCUT2D eigenvalue weighted by molar-refractivity contribution is -0.157. The number of piperazine rings is 1. The molecule has 214 valence electrons. The number of fused-ring (bicyclic) bond motifs is 1. The van der Waals surface area contributed by atoms with Gasteiger partial charge in [0, 0.05) is 18.8 Å². The number of nitrogens with one attached hydrogen (secondary N) is 1. The van der Waals surface area contributed by atoms with Gasteiger partial charge in [0.25, 0.3) is 0 Å². The maximum Gasteiger partial charge on any atom is 0.247 e. The molecule has 1 saturated heterocycles. The number of carbonyl (C=O) groups is 3. The summed E-state index contributed by atoms with van der Waals surface area (Å²) in [5.41, 5.74) is 4.86. The third-order valence-corrected chi connectivity index (χ3v) is 8.21. The van der Waals surface area contributed by atoms with Gasteiger partial charge in [0.1, 0.15) is 18.1 Å². The average molecular weight is 552 g/mol. The van der Waals surface area contributed by atoms with E-state index < -0.39 is 18.1 Å². The lowest BCUT2D eigenvalue weighted by Gasteiger charge is -2.45. The predicted molar refractivity (Wildman–Crippen MR) is 161 cm³/mol. The van der Waals surface area contributed by atoms with Crippen molar-refractivity contribution >= 4 is 17.6 Å². The maximum atomic E-state index is 14.5. The summed E-state index contributed by atoms with van der Waals surface area (Å²) in [5.74, 6) is -0.245. The van der Waals surface area contributed by atoms with Crippen molar-refractivity contribution in [3.05, 3.63) is 89.7 Å². The van der Waals surface area contributed by atoms with Crippen molar-refractivity contribution in [2.75, 3.05) is 0 Å². The SMILES string of the molecule is CC(C)C[C@@H]1C(=O)N[C@H](C2Cc3ccccc3C2)C(=O)N1[C@@H](C(=O)CC(C)(C)C)c1ccc(-c2cccnc2)cc1. The Bertz CT molecular complexity index is 1380. The summed E-state index contributed by atoms with van der Waals surface area (Å²) in [5, 5.41) is 3.10. The maximum absolute atomic E-state index is 14.5. The molecule has 2 aromatic carbocycles. The summed E-state index contributed by atoms with van der Waals surface area (Å²) < 4.78 is 0. The fraction of sp³-hybridized carbons (Fsp3) is 0.429. The van der Waals surface area contributed by atoms with Gasteiger partial charge >= 0.3 is 0 Å². The minimum atomic E-state index is -0.842. The Morgan fingerprint density at radius 2 is 1.61 bits per heavy atom. The molecule has 2 amide bonds. The minimum absolute atomic E-state index is 0.0438. The average Bonchev–Trinajstić information content (AvgIpc) is 3.36. The zero-order chi connectivity index (χ0) is 29.3. The molecule has 0 bridgehead atoms. The first kappa shape index (κ1) is 28.7. The summed E-state index contributed by atoms with van der Waals surface area (Å²) in [7, 11) is 0. The Hall–Kier alpha value is -3.80. The number of Topliss-reactive ketones (excluding diaryl/α,β-unsaturated/α-hetero) is 1. The summed E-state index contributed by atoms with van der Waals surface area (Å²) >= 11 is 0. The van der Waals surface area contributed by atoms with Gasteiger partial charge in [0.05, 0.1) is 0 Å². The van der Waals surface area contributed by atoms with E-state index in [1.54, 1.807) is 17.3 Å². The van der Waals surface area contributed by atoms with Crippen molar-refractivity contribution in [1.82, 2.24) is 15.2 Å². The van der Waals surface area contributed by atoms with E-state index in [1.807, 2.05) is 83.1 Å². The molecule has 6 nitrogen and oxygen atoms in total. The van der Waals surface area contributed by atoms with Crippen LogP contribution in [0.2, 0.25) is 0 Å². The highest BCUT2D eigenvalue weighted by Crippen LogP contribution is 2.37. The zero-order valence-electron chi connectivity index (χ0n) is 24.8. The van der Waals surface area contributed by atoms with Crippen molar-refractivity contribution < 1.29 is 14.4 Å². The van der Waals surface area contributed by atoms with E-state index in [0.717, 1.165) is 29.5 Å². The molecule has 0 spiro atoms. The molecule has 3 atom stereocenters. The quantitative estimate of drug-likeness (QED) is 0.375. The molecule has 1 N–H and O–H groups in total. The van der Waals surface area contributed by atoms with Gasteiger partial charge in [-0.15, -0.1) is 0 Å². The molecular formula is C35H41N3O3. The third-order valence-electron chi connectivity index (χ3n) is 8.21. The second-order valence-corrected chi connectivity index (χ2v) is 13.3. The highest BCUT2D eigenvalue weighted by molar-refractivity contribution is 6.01. The molecular weight excluding hydrogens is 510 g/mol. The summed E-state index contributed by atoms with van der Waals surface area (Å²) in [6.45, 7) is 10.2. The highest BCUT2D eigenvalue weighted by atomic mass is 16.2. The standard InChI is InChI=1S/C35H41N3O3/c1-22(2)17-29-33(40)37-31(28-18-25-9-6-7-10-26(25)19-28)34(41)38(29)32(30(39)20-35(3,4)5)24-14-12-23(13-15-24)27-11-8-16-36-21-27/h6-16,21-22,28-29,31-32H,17-20H2,1-5H3,(H,37,40)/t29-,31-,32-/m1/s1. The first-order valence-electron chi connectivity index (χ1n) is 14.7. The monoisotopic (exact) mass is 551 g/mol. The van der Waals surface area contributed by atoms with E-state index in [9.17, 15) is 14.4 Å². The summed E-state index contributed by atoms with van der Waals surface area (Å²) in [6.07, 6.45) is 5.79. The van der Waals surface area contributed by atoms with E-state index in [2.05, 4.69) is 22.4 Å². The number of pyridine rings is 1. The van der Waals surface area contributed by atoms with Gasteiger partial charge in [-0.05, 0) is 70.4 Å². The van der Waals surface area contributed by atoms with Crippen LogP contribution in [0.15, 0.2) is 73.1 Å². The molecule has 1 aliphatic heterocycles. The van der Waals surface area contributed by atoms with Crippen LogP contribution in [0, 0.1) is 17.3 Å². The number of nitrogens with zero attached hydrogens (tertiary/aromatic N) is 2. The molecule has 5 rings (SSSR count). The number of ketones is 1. The molecule has 0 radical (unpaired) electrons. The van der Waals surface area contributed by atoms with Crippen LogP contribution >= 0.6 is 0 Å². The van der Waals surface area contributed by atoms with Crippen molar-refractivity contribution in [2.45, 2.75) is 78.4 Å². The molecule has 1 aliphatic carbocycles. The Labute approximate surface area is 243 Å². The van der Waals surface area contributed by atoms with Crippen LogP contribution in [0.25, 0.3) is 11.1 Å². The highest BCUT2D eigenvalue weighted by Gasteiger charge is 2.49. The van der Waals surface area contributed by atoms with Gasteiger partial charge in [0.2, 0.25) is 11.8 Å². The normalized spacial score (nSPS) is 20.2. The number of rotatable bonds is 8. The molecule has 0 saturated carbocycles. The van der Waals surface area contributed by atoms with Crippen molar-refractivity contribution in [3.63, 3.8) is 0 Å². The van der Waals surface area contributed by atoms with Crippen LogP contribution in [-0.2, 0) is 27.2 Å². The van der Waals surface area contributed by atoms with Crippen LogP contribution in [0.4, 0.5) is 0 Å². The van der Waals surface area contributed by atoms with Gasteiger partial charge in [-0.3, -0.25) is 19.4 Å². The zero-order valence-corrected chi connectivity index (χ0v) is 24.8. The summed E-state index contributed by atoms with van der Waals surface area (Å²) in [4.78, 5) is 48.4. The van der Waals surface area contributed by atoms with Crippen molar-refractivity contribution in [1.29, 1.82) is 0 Å². The number of aromatic nitrogens is 1. The fourth-order valence-electron chi connectivity index (χ4n) is 6.39. The first-order chi connectivity index (χ1) is 19.5. The number of benzene rings is 2. The third kappa shape index (κ3) is 6.27. The lowest BCUT2D eigenvalue weighted by Crippen LogP contribution is -2.66. The smallest absolute Gasteiger partial charge is 0.247 e. The van der Waals surface area contributed by atoms with Crippen LogP contribution in [0.3, 0.4) is 0 Å². The van der Waals surface area contributed by atoms with Gasteiger partial charge in [-0.25, -0.2) is 0 Å². The largest absolute Gasteiger partial charge is 0.342 e. The van der Waals surface area contributed by atoms with E-state index in [4.69, 9.17) is 0 Å². The molecule has 1 aromatic heterocycles. The van der Waals surface area contributed by atoms with Crippen molar-refractivity contribution in [2.24, 2.45) is 17.3 Å². The minimum Gasteiger partial charge on any atom is -0.342 e. The number of hydrogen-bond donors (Lipinski definition) is 1. The van der Waals surface area contributed by atoms with Gasteiger partial charge in [-0.2, -0.15) is 0 Å². The Morgan fingerprint density at radius 3 is 2.17 bits per heavy atom. The molecule has 3 aromatic rings. The second-order valence-electron chi connectivity index (χ2n) is 13.3. The van der Waals surface area contributed by atoms with Crippen LogP contribution < -0.4 is 5.32 Å². The molecule has 0 unspecified atom stereocenters. The van der Waals surface area contributed by atoms with E-state index in [1.165, 1.54) is 11.1 Å². The Morgan fingerprint density at radius 1 is 0.951 bits per heavy atom. The molecule has 1 fully saturated rings. The number of hydrogen-bond acceptors (Lipinski definition) is 4. The Balaban J connectivity index is 1.55. The lowest BCUT2D eigenvalue weighted by atomic mass is 9.83. The van der Waals surface area contributed by atoms with Crippen molar-refractivity contribution in [3.8, 4) is 11.1 Å². The predicted octanol–water partition coefficient (Wildman–Crippen LogP) is 5.95.